The third-order valence-corrected chi connectivity index (χ3v) is 3.90. The minimum atomic E-state index is -0.377. The summed E-state index contributed by atoms with van der Waals surface area (Å²) in [7, 11) is 0. The molecule has 0 bridgehead atoms. The molecule has 0 aliphatic heterocycles. The molecule has 0 saturated heterocycles. The van der Waals surface area contributed by atoms with Gasteiger partial charge in [0.05, 0.1) is 6.10 Å². The standard InChI is InChI=1S/C12H22O2/c1-10(11(2)14)12(9-13)7-5-3-4-6-8-12/h9-11,14H,3-8H2,1-2H3. The second kappa shape index (κ2) is 4.92. The molecule has 1 aliphatic carbocycles. The molecule has 2 atom stereocenters. The van der Waals surface area contributed by atoms with Crippen molar-refractivity contribution in [2.75, 3.05) is 0 Å². The van der Waals surface area contributed by atoms with E-state index >= 15 is 0 Å². The molecule has 0 aromatic heterocycles. The first-order chi connectivity index (χ1) is 6.62. The summed E-state index contributed by atoms with van der Waals surface area (Å²) in [5, 5.41) is 9.60. The zero-order valence-electron chi connectivity index (χ0n) is 9.33. The Morgan fingerprint density at radius 2 is 1.64 bits per heavy atom. The predicted octanol–water partition coefficient (Wildman–Crippen LogP) is 2.54. The lowest BCUT2D eigenvalue weighted by atomic mass is 9.70. The van der Waals surface area contributed by atoms with Crippen LogP contribution in [0, 0.1) is 11.3 Å². The summed E-state index contributed by atoms with van der Waals surface area (Å²) in [6, 6.07) is 0. The van der Waals surface area contributed by atoms with E-state index in [1.807, 2.05) is 6.92 Å². The second-order valence-corrected chi connectivity index (χ2v) is 4.79. The first-order valence-corrected chi connectivity index (χ1v) is 5.77. The SMILES string of the molecule is CC(O)C(C)C1(C=O)CCCCCC1. The Morgan fingerprint density at radius 3 is 2.00 bits per heavy atom. The summed E-state index contributed by atoms with van der Waals surface area (Å²) in [6.45, 7) is 3.80. The Hall–Kier alpha value is -0.370. The molecule has 0 heterocycles. The van der Waals surface area contributed by atoms with Crippen LogP contribution in [0.5, 0.6) is 0 Å². The highest BCUT2D eigenvalue weighted by Gasteiger charge is 2.38. The van der Waals surface area contributed by atoms with Crippen molar-refractivity contribution >= 4 is 6.29 Å². The predicted molar refractivity (Wildman–Crippen MR) is 57.0 cm³/mol. The molecule has 14 heavy (non-hydrogen) atoms. The van der Waals surface area contributed by atoms with Crippen molar-refractivity contribution in [3.8, 4) is 0 Å². The van der Waals surface area contributed by atoms with E-state index in [4.69, 9.17) is 0 Å². The van der Waals surface area contributed by atoms with E-state index < -0.39 is 0 Å². The Kier molecular flexibility index (Phi) is 4.11. The topological polar surface area (TPSA) is 37.3 Å². The van der Waals surface area contributed by atoms with Crippen molar-refractivity contribution in [3.05, 3.63) is 0 Å². The van der Waals surface area contributed by atoms with Crippen LogP contribution in [-0.2, 0) is 4.79 Å². The summed E-state index contributed by atoms with van der Waals surface area (Å²) in [5.74, 6) is 0.0955. The molecule has 1 N–H and O–H groups in total. The van der Waals surface area contributed by atoms with Gasteiger partial charge in [-0.15, -0.1) is 0 Å². The molecule has 1 aliphatic rings. The third-order valence-electron chi connectivity index (χ3n) is 3.90. The highest BCUT2D eigenvalue weighted by Crippen LogP contribution is 2.41. The van der Waals surface area contributed by atoms with Gasteiger partial charge in [0.2, 0.25) is 0 Å². The van der Waals surface area contributed by atoms with Crippen molar-refractivity contribution in [3.63, 3.8) is 0 Å². The first-order valence-electron chi connectivity index (χ1n) is 5.77. The van der Waals surface area contributed by atoms with Crippen LogP contribution in [-0.4, -0.2) is 17.5 Å². The number of hydrogen-bond acceptors (Lipinski definition) is 2. The van der Waals surface area contributed by atoms with Crippen molar-refractivity contribution < 1.29 is 9.90 Å². The van der Waals surface area contributed by atoms with Crippen LogP contribution < -0.4 is 0 Å². The number of aldehydes is 1. The van der Waals surface area contributed by atoms with E-state index in [2.05, 4.69) is 0 Å². The number of hydrogen-bond donors (Lipinski definition) is 1. The van der Waals surface area contributed by atoms with E-state index in [1.165, 1.54) is 12.8 Å². The molecule has 2 nitrogen and oxygen atoms in total. The van der Waals surface area contributed by atoms with Crippen LogP contribution in [0.4, 0.5) is 0 Å². The number of carbonyl (C=O) groups excluding carboxylic acids is 1. The van der Waals surface area contributed by atoms with E-state index in [0.29, 0.717) is 0 Å². The molecule has 0 radical (unpaired) electrons. The van der Waals surface area contributed by atoms with Gasteiger partial charge in [-0.2, -0.15) is 0 Å². The fourth-order valence-corrected chi connectivity index (χ4v) is 2.55. The maximum absolute atomic E-state index is 11.3. The molecule has 1 fully saturated rings. The van der Waals surface area contributed by atoms with Gasteiger partial charge in [-0.25, -0.2) is 0 Å². The zero-order valence-corrected chi connectivity index (χ0v) is 9.33. The highest BCUT2D eigenvalue weighted by atomic mass is 16.3. The number of carbonyl (C=O) groups is 1. The third kappa shape index (κ3) is 2.35. The summed E-state index contributed by atoms with van der Waals surface area (Å²) in [4.78, 5) is 11.3. The van der Waals surface area contributed by atoms with E-state index in [-0.39, 0.29) is 17.4 Å². The van der Waals surface area contributed by atoms with Crippen LogP contribution in [0.1, 0.15) is 52.4 Å². The Morgan fingerprint density at radius 1 is 1.14 bits per heavy atom. The van der Waals surface area contributed by atoms with E-state index in [0.717, 1.165) is 32.0 Å². The molecule has 2 heteroatoms. The van der Waals surface area contributed by atoms with Crippen LogP contribution in [0.2, 0.25) is 0 Å². The molecular weight excluding hydrogens is 176 g/mol. The normalized spacial score (nSPS) is 26.2. The molecule has 82 valence electrons. The van der Waals surface area contributed by atoms with Crippen LogP contribution in [0.15, 0.2) is 0 Å². The van der Waals surface area contributed by atoms with Gasteiger partial charge in [0.15, 0.2) is 0 Å². The monoisotopic (exact) mass is 198 g/mol. The molecule has 2 unspecified atom stereocenters. The fourth-order valence-electron chi connectivity index (χ4n) is 2.55. The molecule has 0 amide bonds. The number of rotatable bonds is 3. The molecular formula is C12H22O2. The molecule has 0 aromatic rings. The summed E-state index contributed by atoms with van der Waals surface area (Å²) >= 11 is 0. The van der Waals surface area contributed by atoms with Gasteiger partial charge in [0.1, 0.15) is 6.29 Å². The minimum absolute atomic E-state index is 0.0955. The Bertz CT molecular complexity index is 179. The summed E-state index contributed by atoms with van der Waals surface area (Å²) in [6.07, 6.45) is 7.40. The molecule has 0 aromatic carbocycles. The largest absolute Gasteiger partial charge is 0.393 e. The lowest BCUT2D eigenvalue weighted by Gasteiger charge is -2.35. The molecule has 1 rings (SSSR count). The minimum Gasteiger partial charge on any atom is -0.393 e. The van der Waals surface area contributed by atoms with Gasteiger partial charge in [-0.1, -0.05) is 32.6 Å². The van der Waals surface area contributed by atoms with Gasteiger partial charge in [0, 0.05) is 5.41 Å². The molecule has 0 spiro atoms. The smallest absolute Gasteiger partial charge is 0.126 e. The number of aliphatic hydroxyl groups excluding tert-OH is 1. The maximum Gasteiger partial charge on any atom is 0.126 e. The van der Waals surface area contributed by atoms with Gasteiger partial charge in [-0.3, -0.25) is 0 Å². The summed E-state index contributed by atoms with van der Waals surface area (Å²) in [5.41, 5.74) is -0.245. The second-order valence-electron chi connectivity index (χ2n) is 4.79. The van der Waals surface area contributed by atoms with Crippen molar-refractivity contribution in [1.29, 1.82) is 0 Å². The zero-order chi connectivity index (χ0) is 10.6. The first kappa shape index (κ1) is 11.7. The Labute approximate surface area is 86.7 Å². The Balaban J connectivity index is 2.76. The van der Waals surface area contributed by atoms with Crippen molar-refractivity contribution in [1.82, 2.24) is 0 Å². The van der Waals surface area contributed by atoms with Crippen molar-refractivity contribution in [2.45, 2.75) is 58.5 Å². The maximum atomic E-state index is 11.3. The lowest BCUT2D eigenvalue weighted by molar-refractivity contribution is -0.122. The van der Waals surface area contributed by atoms with E-state index in [9.17, 15) is 9.90 Å². The van der Waals surface area contributed by atoms with Gasteiger partial charge < -0.3 is 9.90 Å². The van der Waals surface area contributed by atoms with E-state index in [1.54, 1.807) is 6.92 Å². The van der Waals surface area contributed by atoms with Gasteiger partial charge in [0.25, 0.3) is 0 Å². The molecule has 1 saturated carbocycles. The summed E-state index contributed by atoms with van der Waals surface area (Å²) < 4.78 is 0. The van der Waals surface area contributed by atoms with Crippen LogP contribution in [0.3, 0.4) is 0 Å². The fraction of sp³-hybridized carbons (Fsp3) is 0.917. The van der Waals surface area contributed by atoms with Gasteiger partial charge in [-0.05, 0) is 25.7 Å². The number of aliphatic hydroxyl groups is 1. The quantitative estimate of drug-likeness (QED) is 0.559. The van der Waals surface area contributed by atoms with Crippen molar-refractivity contribution in [2.24, 2.45) is 11.3 Å². The van der Waals surface area contributed by atoms with Crippen LogP contribution >= 0.6 is 0 Å². The highest BCUT2D eigenvalue weighted by molar-refractivity contribution is 5.60. The van der Waals surface area contributed by atoms with Gasteiger partial charge >= 0.3 is 0 Å². The average Bonchev–Trinajstić information content (AvgIpc) is 2.42. The lowest BCUT2D eigenvalue weighted by Crippen LogP contribution is -2.36. The average molecular weight is 198 g/mol. The van der Waals surface area contributed by atoms with Crippen LogP contribution in [0.25, 0.3) is 0 Å².